The fourth-order valence-electron chi connectivity index (χ4n) is 2.84. The molecular weight excluding hydrogens is 417 g/mol. The van der Waals surface area contributed by atoms with Crippen molar-refractivity contribution < 1.29 is 26.5 Å². The first-order valence-electron chi connectivity index (χ1n) is 8.08. The first-order chi connectivity index (χ1) is 13.8. The smallest absolute Gasteiger partial charge is 0.356 e. The summed E-state index contributed by atoms with van der Waals surface area (Å²) in [5, 5.41) is 7.44. The summed E-state index contributed by atoms with van der Waals surface area (Å²) in [6.07, 6.45) is -3.87. The van der Waals surface area contributed by atoms with Gasteiger partial charge in [-0.3, -0.25) is 0 Å². The number of benzene rings is 2. The molecule has 0 radical (unpaired) electrons. The minimum absolute atomic E-state index is 0.00172. The molecule has 0 aliphatic carbocycles. The van der Waals surface area contributed by atoms with Gasteiger partial charge in [-0.2, -0.15) is 18.3 Å². The van der Waals surface area contributed by atoms with Gasteiger partial charge in [0.2, 0.25) is 0 Å². The number of hydrogen-bond donors (Lipinski definition) is 0. The van der Waals surface area contributed by atoms with E-state index in [1.165, 1.54) is 12.1 Å². The zero-order valence-electron chi connectivity index (χ0n) is 14.2. The van der Waals surface area contributed by atoms with Gasteiger partial charge in [0.1, 0.15) is 17.3 Å². The average Bonchev–Trinajstić information content (AvgIpc) is 3.29. The van der Waals surface area contributed by atoms with Gasteiger partial charge in [-0.25, -0.2) is 13.5 Å². The summed E-state index contributed by atoms with van der Waals surface area (Å²) in [6.45, 7) is 0. The second-order valence-electron chi connectivity index (χ2n) is 5.97. The highest BCUT2D eigenvalue weighted by Crippen LogP contribution is 2.40. The maximum absolute atomic E-state index is 14.1. The summed E-state index contributed by atoms with van der Waals surface area (Å²) >= 11 is 5.97. The topological polar surface area (TPSA) is 43.9 Å². The van der Waals surface area contributed by atoms with E-state index in [1.54, 1.807) is 0 Å². The Kier molecular flexibility index (Phi) is 4.62. The van der Waals surface area contributed by atoms with Crippen LogP contribution in [0.1, 0.15) is 5.69 Å². The fourth-order valence-corrected chi connectivity index (χ4v) is 3.10. The molecule has 2 aromatic carbocycles. The number of halogens is 6. The lowest BCUT2D eigenvalue weighted by molar-refractivity contribution is -0.142. The molecule has 4 aromatic rings. The fraction of sp³-hybridized carbons (Fsp3) is 0.0526. The van der Waals surface area contributed by atoms with Crippen molar-refractivity contribution >= 4 is 11.6 Å². The van der Waals surface area contributed by atoms with E-state index in [2.05, 4.69) is 10.3 Å². The van der Waals surface area contributed by atoms with E-state index in [0.717, 1.165) is 42.6 Å². The molecule has 10 heteroatoms. The molecule has 0 atom stereocenters. The minimum Gasteiger partial charge on any atom is -0.356 e. The van der Waals surface area contributed by atoms with E-state index in [1.807, 2.05) is 0 Å². The number of alkyl halides is 3. The van der Waals surface area contributed by atoms with Crippen LogP contribution in [0.2, 0.25) is 5.02 Å². The van der Waals surface area contributed by atoms with Crippen LogP contribution in [0.25, 0.3) is 28.3 Å². The molecule has 0 unspecified atom stereocenters. The molecular formula is C19H9ClF5N3O. The molecule has 0 saturated carbocycles. The van der Waals surface area contributed by atoms with Crippen molar-refractivity contribution in [1.82, 2.24) is 14.9 Å². The van der Waals surface area contributed by atoms with Gasteiger partial charge in [0.25, 0.3) is 0 Å². The van der Waals surface area contributed by atoms with Crippen LogP contribution >= 0.6 is 11.6 Å². The molecule has 29 heavy (non-hydrogen) atoms. The van der Waals surface area contributed by atoms with Crippen LogP contribution in [0.4, 0.5) is 22.0 Å². The normalized spacial score (nSPS) is 11.8. The molecule has 2 aromatic heterocycles. The molecule has 0 aliphatic rings. The van der Waals surface area contributed by atoms with Crippen molar-refractivity contribution in [2.24, 2.45) is 0 Å². The van der Waals surface area contributed by atoms with Gasteiger partial charge >= 0.3 is 6.18 Å². The van der Waals surface area contributed by atoms with Crippen LogP contribution in [-0.2, 0) is 6.18 Å². The average molecular weight is 426 g/mol. The second kappa shape index (κ2) is 7.00. The van der Waals surface area contributed by atoms with Gasteiger partial charge in [0.05, 0.1) is 28.0 Å². The van der Waals surface area contributed by atoms with Gasteiger partial charge in [-0.15, -0.1) is 0 Å². The summed E-state index contributed by atoms with van der Waals surface area (Å²) < 4.78 is 74.2. The van der Waals surface area contributed by atoms with E-state index >= 15 is 0 Å². The van der Waals surface area contributed by atoms with Crippen molar-refractivity contribution in [3.8, 4) is 28.3 Å². The predicted octanol–water partition coefficient (Wildman–Crippen LogP) is 6.14. The summed E-state index contributed by atoms with van der Waals surface area (Å²) in [5.41, 5.74) is -1.71. The van der Waals surface area contributed by atoms with Crippen molar-refractivity contribution in [2.45, 2.75) is 6.18 Å². The number of nitrogens with zero attached hydrogens (tertiary/aromatic N) is 3. The third-order valence-electron chi connectivity index (χ3n) is 4.10. The largest absolute Gasteiger partial charge is 0.434 e. The van der Waals surface area contributed by atoms with Crippen LogP contribution in [0.5, 0.6) is 0 Å². The third-order valence-corrected chi connectivity index (χ3v) is 4.42. The first-order valence-corrected chi connectivity index (χ1v) is 8.46. The number of rotatable bonds is 3. The summed E-state index contributed by atoms with van der Waals surface area (Å²) in [5.74, 6) is -1.58. The highest BCUT2D eigenvalue weighted by molar-refractivity contribution is 6.33. The van der Waals surface area contributed by atoms with Crippen LogP contribution in [-0.4, -0.2) is 14.9 Å². The highest BCUT2D eigenvalue weighted by Gasteiger charge is 2.40. The molecule has 148 valence electrons. The van der Waals surface area contributed by atoms with Crippen LogP contribution < -0.4 is 0 Å². The van der Waals surface area contributed by atoms with Gasteiger partial charge in [-0.05, 0) is 36.4 Å². The lowest BCUT2D eigenvalue weighted by atomic mass is 10.1. The Morgan fingerprint density at radius 1 is 1.00 bits per heavy atom. The lowest BCUT2D eigenvalue weighted by Crippen LogP contribution is -2.14. The van der Waals surface area contributed by atoms with Crippen molar-refractivity contribution in [1.29, 1.82) is 0 Å². The van der Waals surface area contributed by atoms with E-state index in [-0.39, 0.29) is 27.7 Å². The monoisotopic (exact) mass is 425 g/mol. The zero-order valence-corrected chi connectivity index (χ0v) is 15.0. The van der Waals surface area contributed by atoms with E-state index in [9.17, 15) is 22.0 Å². The molecule has 0 bridgehead atoms. The Hall–Kier alpha value is -3.20. The number of hydrogen-bond acceptors (Lipinski definition) is 3. The van der Waals surface area contributed by atoms with Crippen molar-refractivity contribution in [3.05, 3.63) is 77.1 Å². The Bertz CT molecular complexity index is 1160. The molecule has 0 amide bonds. The van der Waals surface area contributed by atoms with Crippen molar-refractivity contribution in [3.63, 3.8) is 0 Å². The molecule has 0 fully saturated rings. The zero-order chi connectivity index (χ0) is 20.8. The van der Waals surface area contributed by atoms with Crippen molar-refractivity contribution in [2.75, 3.05) is 0 Å². The third kappa shape index (κ3) is 3.49. The summed E-state index contributed by atoms with van der Waals surface area (Å²) in [4.78, 5) is 0. The maximum atomic E-state index is 14.1. The molecule has 0 N–H and O–H groups in total. The molecule has 0 spiro atoms. The summed E-state index contributed by atoms with van der Waals surface area (Å²) in [6, 6.07) is 9.44. The van der Waals surface area contributed by atoms with Gasteiger partial charge in [-0.1, -0.05) is 22.8 Å². The van der Waals surface area contributed by atoms with Crippen LogP contribution in [0.3, 0.4) is 0 Å². The van der Waals surface area contributed by atoms with Gasteiger partial charge in [0, 0.05) is 6.07 Å². The van der Waals surface area contributed by atoms with E-state index < -0.39 is 29.1 Å². The number of aromatic nitrogens is 3. The lowest BCUT2D eigenvalue weighted by Gasteiger charge is -2.11. The Labute approximate surface area is 165 Å². The quantitative estimate of drug-likeness (QED) is 0.370. The summed E-state index contributed by atoms with van der Waals surface area (Å²) in [7, 11) is 0. The molecule has 0 aliphatic heterocycles. The molecule has 2 heterocycles. The second-order valence-corrected chi connectivity index (χ2v) is 6.37. The molecule has 4 rings (SSSR count). The Morgan fingerprint density at radius 2 is 1.72 bits per heavy atom. The standard InChI is InChI=1S/C19H9ClF5N3O/c20-13-2-1-3-14(22)17(13)15-8-16(29-27-15)12-9-26-28(18(12)19(23,24)25)11-6-4-10(21)5-7-11/h1-9H. The Balaban J connectivity index is 1.85. The van der Waals surface area contributed by atoms with Crippen LogP contribution in [0.15, 0.2) is 59.3 Å². The molecule has 4 nitrogen and oxygen atoms in total. The predicted molar refractivity (Wildman–Crippen MR) is 94.4 cm³/mol. The highest BCUT2D eigenvalue weighted by atomic mass is 35.5. The molecule has 0 saturated heterocycles. The maximum Gasteiger partial charge on any atom is 0.434 e. The minimum atomic E-state index is -4.82. The van der Waals surface area contributed by atoms with E-state index in [4.69, 9.17) is 16.1 Å². The van der Waals surface area contributed by atoms with Gasteiger partial charge < -0.3 is 4.52 Å². The van der Waals surface area contributed by atoms with E-state index in [0.29, 0.717) is 4.68 Å². The van der Waals surface area contributed by atoms with Crippen LogP contribution in [0, 0.1) is 11.6 Å². The van der Waals surface area contributed by atoms with Gasteiger partial charge in [0.15, 0.2) is 11.5 Å². The SMILES string of the molecule is Fc1ccc(-n2ncc(-c3cc(-c4c(F)cccc4Cl)no3)c2C(F)(F)F)cc1. The first kappa shape index (κ1) is 19.1. The Morgan fingerprint density at radius 3 is 2.38 bits per heavy atom.